The summed E-state index contributed by atoms with van der Waals surface area (Å²) < 4.78 is 0. The van der Waals surface area contributed by atoms with Gasteiger partial charge in [0, 0.05) is 6.42 Å². The maximum atomic E-state index is 11.6. The van der Waals surface area contributed by atoms with Crippen LogP contribution in [0.2, 0.25) is 0 Å². The number of carboxylic acid groups (broad SMARTS) is 1. The summed E-state index contributed by atoms with van der Waals surface area (Å²) in [5.74, 6) is -1.19. The van der Waals surface area contributed by atoms with E-state index in [1.165, 1.54) is 0 Å². The van der Waals surface area contributed by atoms with Crippen LogP contribution < -0.4 is 11.1 Å². The van der Waals surface area contributed by atoms with Crippen molar-refractivity contribution in [3.63, 3.8) is 0 Å². The smallest absolute Gasteiger partial charge is 0.326 e. The molecule has 0 saturated carbocycles. The van der Waals surface area contributed by atoms with Crippen molar-refractivity contribution >= 4 is 11.9 Å². The summed E-state index contributed by atoms with van der Waals surface area (Å²) in [6.45, 7) is 6.45. The Morgan fingerprint density at radius 3 is 2.35 bits per heavy atom. The van der Waals surface area contributed by atoms with Gasteiger partial charge in [-0.1, -0.05) is 20.8 Å². The van der Waals surface area contributed by atoms with E-state index in [2.05, 4.69) is 19.2 Å². The lowest BCUT2D eigenvalue weighted by atomic mass is 9.84. The summed E-state index contributed by atoms with van der Waals surface area (Å²) in [5, 5.41) is 11.3. The molecule has 5 heteroatoms. The van der Waals surface area contributed by atoms with Crippen molar-refractivity contribution in [2.45, 2.75) is 52.5 Å². The van der Waals surface area contributed by atoms with Crippen LogP contribution in [0.15, 0.2) is 0 Å². The van der Waals surface area contributed by atoms with Crippen LogP contribution in [0.5, 0.6) is 0 Å². The molecule has 0 unspecified atom stereocenters. The first-order chi connectivity index (χ1) is 7.82. The summed E-state index contributed by atoms with van der Waals surface area (Å²) >= 11 is 0. The number of nitrogens with one attached hydrogen (secondary N) is 1. The van der Waals surface area contributed by atoms with E-state index in [-0.39, 0.29) is 11.3 Å². The molecule has 4 N–H and O–H groups in total. The Hall–Kier alpha value is -1.10. The molecule has 1 atom stereocenters. The molecule has 0 aromatic rings. The lowest BCUT2D eigenvalue weighted by Gasteiger charge is -2.23. The molecule has 5 nitrogen and oxygen atoms in total. The van der Waals surface area contributed by atoms with Gasteiger partial charge in [0.1, 0.15) is 6.04 Å². The molecule has 0 saturated heterocycles. The predicted molar refractivity (Wildman–Crippen MR) is 66.5 cm³/mol. The summed E-state index contributed by atoms with van der Waals surface area (Å²) in [6, 6.07) is -0.778. The van der Waals surface area contributed by atoms with Crippen molar-refractivity contribution in [1.29, 1.82) is 0 Å². The number of amides is 1. The molecule has 0 fully saturated rings. The van der Waals surface area contributed by atoms with Crippen molar-refractivity contribution in [2.75, 3.05) is 6.54 Å². The molecule has 0 aliphatic heterocycles. The fraction of sp³-hybridized carbons (Fsp3) is 0.833. The molecule has 0 aliphatic rings. The van der Waals surface area contributed by atoms with Crippen LogP contribution >= 0.6 is 0 Å². The standard InChI is InChI=1S/C12H24N2O3/c1-4-9(11(16)17)14-10(15)5-6-12(2,3)7-8-13/h9H,4-8,13H2,1-3H3,(H,14,15)(H,16,17)/t9-/m0/s1. The normalized spacial score (nSPS) is 13.2. The largest absolute Gasteiger partial charge is 0.480 e. The van der Waals surface area contributed by atoms with E-state index in [0.717, 1.165) is 6.42 Å². The highest BCUT2D eigenvalue weighted by atomic mass is 16.4. The molecule has 0 aliphatic carbocycles. The molecule has 0 bridgehead atoms. The average Bonchev–Trinajstić information content (AvgIpc) is 2.22. The van der Waals surface area contributed by atoms with Gasteiger partial charge < -0.3 is 16.2 Å². The minimum Gasteiger partial charge on any atom is -0.480 e. The van der Waals surface area contributed by atoms with Gasteiger partial charge in [-0.2, -0.15) is 0 Å². The Labute approximate surface area is 103 Å². The van der Waals surface area contributed by atoms with E-state index in [0.29, 0.717) is 25.8 Å². The molecule has 1 amide bonds. The lowest BCUT2D eigenvalue weighted by Crippen LogP contribution is -2.40. The third-order valence-corrected chi connectivity index (χ3v) is 2.89. The maximum Gasteiger partial charge on any atom is 0.326 e. The number of nitrogens with two attached hydrogens (primary N) is 1. The van der Waals surface area contributed by atoms with E-state index >= 15 is 0 Å². The van der Waals surface area contributed by atoms with Crippen LogP contribution in [-0.4, -0.2) is 29.6 Å². The number of carboxylic acids is 1. The van der Waals surface area contributed by atoms with Gasteiger partial charge in [0.05, 0.1) is 0 Å². The van der Waals surface area contributed by atoms with Crippen LogP contribution in [0.25, 0.3) is 0 Å². The second-order valence-corrected chi connectivity index (χ2v) is 5.07. The number of carbonyl (C=O) groups excluding carboxylic acids is 1. The topological polar surface area (TPSA) is 92.4 Å². The minimum absolute atomic E-state index is 0.0248. The molecule has 0 heterocycles. The third-order valence-electron chi connectivity index (χ3n) is 2.89. The molecule has 0 spiro atoms. The lowest BCUT2D eigenvalue weighted by molar-refractivity contribution is -0.141. The van der Waals surface area contributed by atoms with Crippen LogP contribution in [-0.2, 0) is 9.59 Å². The Balaban J connectivity index is 4.06. The number of carbonyl (C=O) groups is 2. The monoisotopic (exact) mass is 244 g/mol. The fourth-order valence-corrected chi connectivity index (χ4v) is 1.57. The Morgan fingerprint density at radius 1 is 1.35 bits per heavy atom. The van der Waals surface area contributed by atoms with E-state index in [9.17, 15) is 9.59 Å². The van der Waals surface area contributed by atoms with Crippen molar-refractivity contribution in [3.05, 3.63) is 0 Å². The molecule has 17 heavy (non-hydrogen) atoms. The Morgan fingerprint density at radius 2 is 1.94 bits per heavy atom. The molecule has 0 radical (unpaired) electrons. The number of hydrogen-bond acceptors (Lipinski definition) is 3. The van der Waals surface area contributed by atoms with E-state index < -0.39 is 12.0 Å². The van der Waals surface area contributed by atoms with Gasteiger partial charge in [0.15, 0.2) is 0 Å². The van der Waals surface area contributed by atoms with E-state index in [1.54, 1.807) is 6.92 Å². The molecule has 100 valence electrons. The van der Waals surface area contributed by atoms with E-state index in [1.807, 2.05) is 0 Å². The fourth-order valence-electron chi connectivity index (χ4n) is 1.57. The van der Waals surface area contributed by atoms with Gasteiger partial charge in [-0.3, -0.25) is 4.79 Å². The average molecular weight is 244 g/mol. The quantitative estimate of drug-likeness (QED) is 0.596. The van der Waals surface area contributed by atoms with E-state index in [4.69, 9.17) is 10.8 Å². The number of rotatable bonds is 8. The molecular weight excluding hydrogens is 220 g/mol. The van der Waals surface area contributed by atoms with Gasteiger partial charge in [0.2, 0.25) is 5.91 Å². The van der Waals surface area contributed by atoms with Crippen LogP contribution in [0.1, 0.15) is 46.5 Å². The zero-order chi connectivity index (χ0) is 13.5. The van der Waals surface area contributed by atoms with Crippen LogP contribution in [0.3, 0.4) is 0 Å². The summed E-state index contributed by atoms with van der Waals surface area (Å²) in [5.41, 5.74) is 5.51. The first-order valence-electron chi connectivity index (χ1n) is 6.04. The second kappa shape index (κ2) is 7.27. The zero-order valence-electron chi connectivity index (χ0n) is 11.0. The second-order valence-electron chi connectivity index (χ2n) is 5.07. The van der Waals surface area contributed by atoms with Crippen molar-refractivity contribution < 1.29 is 14.7 Å². The van der Waals surface area contributed by atoms with Gasteiger partial charge >= 0.3 is 5.97 Å². The Bertz CT molecular complexity index is 264. The molecular formula is C12H24N2O3. The number of aliphatic carboxylic acids is 1. The van der Waals surface area contributed by atoms with Crippen LogP contribution in [0, 0.1) is 5.41 Å². The highest BCUT2D eigenvalue weighted by molar-refractivity contribution is 5.83. The van der Waals surface area contributed by atoms with Crippen molar-refractivity contribution in [3.8, 4) is 0 Å². The van der Waals surface area contributed by atoms with Crippen molar-refractivity contribution in [2.24, 2.45) is 11.1 Å². The minimum atomic E-state index is -0.984. The summed E-state index contributed by atoms with van der Waals surface area (Å²) in [4.78, 5) is 22.3. The van der Waals surface area contributed by atoms with Crippen molar-refractivity contribution in [1.82, 2.24) is 5.32 Å². The first kappa shape index (κ1) is 15.9. The van der Waals surface area contributed by atoms with Crippen LogP contribution in [0.4, 0.5) is 0 Å². The highest BCUT2D eigenvalue weighted by Gasteiger charge is 2.21. The predicted octanol–water partition coefficient (Wildman–Crippen LogP) is 1.12. The van der Waals surface area contributed by atoms with Gasteiger partial charge in [-0.15, -0.1) is 0 Å². The number of hydrogen-bond donors (Lipinski definition) is 3. The van der Waals surface area contributed by atoms with Gasteiger partial charge in [-0.05, 0) is 31.2 Å². The first-order valence-corrected chi connectivity index (χ1v) is 6.04. The molecule has 0 aromatic carbocycles. The summed E-state index contributed by atoms with van der Waals surface area (Å²) in [6.07, 6.45) is 2.31. The molecule has 0 rings (SSSR count). The highest BCUT2D eigenvalue weighted by Crippen LogP contribution is 2.25. The Kier molecular flexibility index (Phi) is 6.80. The van der Waals surface area contributed by atoms with Gasteiger partial charge in [-0.25, -0.2) is 4.79 Å². The summed E-state index contributed by atoms with van der Waals surface area (Å²) in [7, 11) is 0. The maximum absolute atomic E-state index is 11.6. The SMILES string of the molecule is CC[C@H](NC(=O)CCC(C)(C)CCN)C(=O)O. The third kappa shape index (κ3) is 6.94. The van der Waals surface area contributed by atoms with Gasteiger partial charge in [0.25, 0.3) is 0 Å². The zero-order valence-corrected chi connectivity index (χ0v) is 11.0. The molecule has 0 aromatic heterocycles.